The summed E-state index contributed by atoms with van der Waals surface area (Å²) in [5.41, 5.74) is 0. The molecule has 1 saturated heterocycles. The van der Waals surface area contributed by atoms with Crippen LogP contribution in [-0.2, 0) is 14.3 Å². The molecule has 0 radical (unpaired) electrons. The molecule has 0 bridgehead atoms. The van der Waals surface area contributed by atoms with Gasteiger partial charge in [-0.1, -0.05) is 13.8 Å². The Labute approximate surface area is 102 Å². The summed E-state index contributed by atoms with van der Waals surface area (Å²) >= 11 is 0. The van der Waals surface area contributed by atoms with Crippen molar-refractivity contribution in [3.05, 3.63) is 0 Å². The molecular weight excluding hydrogens is 222 g/mol. The van der Waals surface area contributed by atoms with Crippen molar-refractivity contribution in [2.24, 2.45) is 5.92 Å². The van der Waals surface area contributed by atoms with Crippen molar-refractivity contribution in [3.63, 3.8) is 0 Å². The maximum atomic E-state index is 12.0. The molecule has 1 aliphatic rings. The number of aliphatic carboxylic acids is 1. The molecule has 5 heteroatoms. The van der Waals surface area contributed by atoms with Crippen LogP contribution in [0, 0.1) is 5.92 Å². The van der Waals surface area contributed by atoms with E-state index in [1.165, 1.54) is 0 Å². The third-order valence-electron chi connectivity index (χ3n) is 3.02. The van der Waals surface area contributed by atoms with Crippen LogP contribution in [0.25, 0.3) is 0 Å². The first-order valence-corrected chi connectivity index (χ1v) is 6.21. The monoisotopic (exact) mass is 243 g/mol. The summed E-state index contributed by atoms with van der Waals surface area (Å²) in [6.07, 6.45) is 2.09. The average molecular weight is 243 g/mol. The quantitative estimate of drug-likeness (QED) is 0.759. The summed E-state index contributed by atoms with van der Waals surface area (Å²) in [5, 5.41) is 9.09. The highest BCUT2D eigenvalue weighted by molar-refractivity contribution is 5.78. The molecule has 5 nitrogen and oxygen atoms in total. The molecule has 0 aliphatic carbocycles. The lowest BCUT2D eigenvalue weighted by molar-refractivity contribution is -0.145. The van der Waals surface area contributed by atoms with Crippen LogP contribution in [-0.4, -0.2) is 47.7 Å². The van der Waals surface area contributed by atoms with E-state index >= 15 is 0 Å². The topological polar surface area (TPSA) is 66.8 Å². The number of carboxylic acid groups (broad SMARTS) is 1. The normalized spacial score (nSPS) is 23.6. The molecule has 1 fully saturated rings. The number of rotatable bonds is 6. The number of amides is 1. The molecule has 1 aliphatic heterocycles. The fraction of sp³-hybridized carbons (Fsp3) is 0.833. The number of carboxylic acids is 1. The maximum Gasteiger partial charge on any atom is 0.311 e. The lowest BCUT2D eigenvalue weighted by atomic mass is 10.0. The Morgan fingerprint density at radius 2 is 2.00 bits per heavy atom. The zero-order valence-corrected chi connectivity index (χ0v) is 10.5. The summed E-state index contributed by atoms with van der Waals surface area (Å²) in [6, 6.07) is -0.300. The second-order valence-corrected chi connectivity index (χ2v) is 4.39. The van der Waals surface area contributed by atoms with Crippen LogP contribution in [0.15, 0.2) is 0 Å². The van der Waals surface area contributed by atoms with Crippen LogP contribution >= 0.6 is 0 Å². The van der Waals surface area contributed by atoms with E-state index in [1.54, 1.807) is 4.90 Å². The number of carbonyl (C=O) groups is 2. The molecular formula is C12H21NO4. The zero-order chi connectivity index (χ0) is 12.8. The first-order valence-electron chi connectivity index (χ1n) is 6.21. The van der Waals surface area contributed by atoms with E-state index in [4.69, 9.17) is 9.84 Å². The van der Waals surface area contributed by atoms with Crippen molar-refractivity contribution in [1.82, 2.24) is 4.90 Å². The van der Waals surface area contributed by atoms with Crippen molar-refractivity contribution in [2.45, 2.75) is 39.2 Å². The highest BCUT2D eigenvalue weighted by atomic mass is 16.5. The standard InChI is InChI=1S/C12H21NO4/c1-3-5-11(14)13(6-4-2)10-8-17-7-9(10)12(15)16/h9-10H,3-8H2,1-2H3,(H,15,16). The molecule has 1 N–H and O–H groups in total. The second kappa shape index (κ2) is 6.59. The van der Waals surface area contributed by atoms with Gasteiger partial charge in [0.25, 0.3) is 0 Å². The van der Waals surface area contributed by atoms with Crippen LogP contribution in [0.4, 0.5) is 0 Å². The Morgan fingerprint density at radius 1 is 1.29 bits per heavy atom. The summed E-state index contributed by atoms with van der Waals surface area (Å²) < 4.78 is 5.21. The van der Waals surface area contributed by atoms with Crippen molar-refractivity contribution in [1.29, 1.82) is 0 Å². The predicted molar refractivity (Wildman–Crippen MR) is 62.6 cm³/mol. The summed E-state index contributed by atoms with van der Waals surface area (Å²) in [5.74, 6) is -1.42. The molecule has 0 aromatic heterocycles. The molecule has 0 aromatic rings. The molecule has 1 rings (SSSR count). The van der Waals surface area contributed by atoms with Crippen molar-refractivity contribution in [3.8, 4) is 0 Å². The summed E-state index contributed by atoms with van der Waals surface area (Å²) in [4.78, 5) is 24.7. The van der Waals surface area contributed by atoms with Gasteiger partial charge in [-0.15, -0.1) is 0 Å². The van der Waals surface area contributed by atoms with Gasteiger partial charge >= 0.3 is 5.97 Å². The molecule has 17 heavy (non-hydrogen) atoms. The first-order chi connectivity index (χ1) is 8.11. The molecule has 2 atom stereocenters. The number of hydrogen-bond donors (Lipinski definition) is 1. The fourth-order valence-electron chi connectivity index (χ4n) is 2.16. The Kier molecular flexibility index (Phi) is 5.41. The fourth-order valence-corrected chi connectivity index (χ4v) is 2.16. The lowest BCUT2D eigenvalue weighted by Gasteiger charge is -2.30. The van der Waals surface area contributed by atoms with E-state index in [0.29, 0.717) is 19.6 Å². The van der Waals surface area contributed by atoms with Crippen molar-refractivity contribution in [2.75, 3.05) is 19.8 Å². The Hall–Kier alpha value is -1.10. The van der Waals surface area contributed by atoms with Crippen LogP contribution in [0.5, 0.6) is 0 Å². The highest BCUT2D eigenvalue weighted by Gasteiger charge is 2.39. The minimum atomic E-state index is -0.877. The molecule has 0 spiro atoms. The number of ether oxygens (including phenoxy) is 1. The average Bonchev–Trinajstić information content (AvgIpc) is 2.74. The van der Waals surface area contributed by atoms with E-state index in [2.05, 4.69) is 0 Å². The van der Waals surface area contributed by atoms with E-state index in [1.807, 2.05) is 13.8 Å². The Balaban J connectivity index is 2.74. The molecule has 0 saturated carbocycles. The minimum absolute atomic E-state index is 0.0381. The molecule has 98 valence electrons. The van der Waals surface area contributed by atoms with Gasteiger partial charge in [-0.3, -0.25) is 9.59 Å². The first kappa shape index (κ1) is 14.0. The van der Waals surface area contributed by atoms with Crippen LogP contribution in [0.2, 0.25) is 0 Å². The van der Waals surface area contributed by atoms with Gasteiger partial charge in [0.15, 0.2) is 0 Å². The van der Waals surface area contributed by atoms with Crippen molar-refractivity contribution < 1.29 is 19.4 Å². The van der Waals surface area contributed by atoms with Gasteiger partial charge in [-0.25, -0.2) is 0 Å². The molecule has 1 amide bonds. The van der Waals surface area contributed by atoms with E-state index in [9.17, 15) is 9.59 Å². The Bertz CT molecular complexity index is 280. The van der Waals surface area contributed by atoms with Gasteiger partial charge in [0, 0.05) is 13.0 Å². The second-order valence-electron chi connectivity index (χ2n) is 4.39. The number of nitrogens with zero attached hydrogens (tertiary/aromatic N) is 1. The van der Waals surface area contributed by atoms with Gasteiger partial charge in [-0.05, 0) is 12.8 Å². The highest BCUT2D eigenvalue weighted by Crippen LogP contribution is 2.21. The van der Waals surface area contributed by atoms with Gasteiger partial charge < -0.3 is 14.7 Å². The molecule has 2 unspecified atom stereocenters. The maximum absolute atomic E-state index is 12.0. The number of carbonyl (C=O) groups excluding carboxylic acids is 1. The van der Waals surface area contributed by atoms with E-state index < -0.39 is 11.9 Å². The minimum Gasteiger partial charge on any atom is -0.481 e. The Morgan fingerprint density at radius 3 is 2.53 bits per heavy atom. The van der Waals surface area contributed by atoms with Crippen LogP contribution < -0.4 is 0 Å². The third-order valence-corrected chi connectivity index (χ3v) is 3.02. The van der Waals surface area contributed by atoms with Crippen molar-refractivity contribution >= 4 is 11.9 Å². The largest absolute Gasteiger partial charge is 0.481 e. The van der Waals surface area contributed by atoms with E-state index in [-0.39, 0.29) is 18.6 Å². The predicted octanol–water partition coefficient (Wildman–Crippen LogP) is 1.12. The molecule has 1 heterocycles. The summed E-state index contributed by atoms with van der Waals surface area (Å²) in [6.45, 7) is 5.09. The van der Waals surface area contributed by atoms with Gasteiger partial charge in [0.1, 0.15) is 5.92 Å². The van der Waals surface area contributed by atoms with E-state index in [0.717, 1.165) is 12.8 Å². The lowest BCUT2D eigenvalue weighted by Crippen LogP contribution is -2.46. The SMILES string of the molecule is CCCC(=O)N(CCC)C1COCC1C(=O)O. The zero-order valence-electron chi connectivity index (χ0n) is 10.5. The third kappa shape index (κ3) is 3.43. The van der Waals surface area contributed by atoms with Crippen LogP contribution in [0.3, 0.4) is 0 Å². The molecule has 0 aromatic carbocycles. The summed E-state index contributed by atoms with van der Waals surface area (Å²) in [7, 11) is 0. The number of hydrogen-bond acceptors (Lipinski definition) is 3. The van der Waals surface area contributed by atoms with Gasteiger partial charge in [0.05, 0.1) is 19.3 Å². The smallest absolute Gasteiger partial charge is 0.311 e. The van der Waals surface area contributed by atoms with Crippen LogP contribution in [0.1, 0.15) is 33.1 Å². The van der Waals surface area contributed by atoms with Gasteiger partial charge in [0.2, 0.25) is 5.91 Å². The van der Waals surface area contributed by atoms with Gasteiger partial charge in [-0.2, -0.15) is 0 Å².